The van der Waals surface area contributed by atoms with Crippen LogP contribution in [0.5, 0.6) is 0 Å². The zero-order valence-corrected chi connectivity index (χ0v) is 13.6. The third kappa shape index (κ3) is 3.73. The first-order chi connectivity index (χ1) is 10.7. The minimum atomic E-state index is -0.323. The smallest absolute Gasteiger partial charge is 0.253 e. The van der Waals surface area contributed by atoms with Gasteiger partial charge in [-0.3, -0.25) is 4.79 Å². The Morgan fingerprint density at radius 2 is 1.95 bits per heavy atom. The number of nitrogens with zero attached hydrogens (tertiary/aromatic N) is 1. The van der Waals surface area contributed by atoms with Crippen LogP contribution in [0.3, 0.4) is 0 Å². The summed E-state index contributed by atoms with van der Waals surface area (Å²) in [5.41, 5.74) is 1.87. The van der Waals surface area contributed by atoms with Crippen LogP contribution in [0, 0.1) is 0 Å². The molecule has 0 saturated carbocycles. The molecule has 1 atom stereocenters. The van der Waals surface area contributed by atoms with Crippen LogP contribution in [-0.2, 0) is 9.53 Å². The molecule has 4 nitrogen and oxygen atoms in total. The fourth-order valence-electron chi connectivity index (χ4n) is 3.19. The minimum Gasteiger partial charge on any atom is -0.370 e. The molecule has 2 aliphatic rings. The van der Waals surface area contributed by atoms with E-state index in [4.69, 9.17) is 16.3 Å². The second-order valence-corrected chi connectivity index (χ2v) is 6.49. The minimum absolute atomic E-state index is 0.0594. The number of nitrogens with one attached hydrogen (secondary N) is 1. The summed E-state index contributed by atoms with van der Waals surface area (Å²) in [6.07, 6.45) is 6.38. The molecule has 0 bridgehead atoms. The maximum atomic E-state index is 12.3. The van der Waals surface area contributed by atoms with Crippen LogP contribution in [0.4, 0.5) is 11.4 Å². The quantitative estimate of drug-likeness (QED) is 0.919. The van der Waals surface area contributed by atoms with Gasteiger partial charge in [0.1, 0.15) is 6.10 Å². The molecule has 22 heavy (non-hydrogen) atoms. The Labute approximate surface area is 136 Å². The average molecular weight is 323 g/mol. The highest BCUT2D eigenvalue weighted by atomic mass is 35.5. The largest absolute Gasteiger partial charge is 0.370 e. The summed E-state index contributed by atoms with van der Waals surface area (Å²) < 4.78 is 5.46. The number of rotatable bonds is 3. The van der Waals surface area contributed by atoms with E-state index in [1.807, 2.05) is 18.2 Å². The SMILES string of the molecule is O=C(Nc1cc(Cl)ccc1N1CCCCCC1)C1CCCO1. The maximum absolute atomic E-state index is 12.3. The Hall–Kier alpha value is -1.26. The van der Waals surface area contributed by atoms with Crippen LogP contribution in [-0.4, -0.2) is 31.7 Å². The van der Waals surface area contributed by atoms with Crippen molar-refractivity contribution in [1.82, 2.24) is 0 Å². The average Bonchev–Trinajstić information content (AvgIpc) is 2.91. The van der Waals surface area contributed by atoms with Crippen molar-refractivity contribution in [3.05, 3.63) is 23.2 Å². The van der Waals surface area contributed by atoms with Gasteiger partial charge in [-0.25, -0.2) is 0 Å². The van der Waals surface area contributed by atoms with Crippen LogP contribution in [0.15, 0.2) is 18.2 Å². The van der Waals surface area contributed by atoms with E-state index < -0.39 is 0 Å². The summed E-state index contributed by atoms with van der Waals surface area (Å²) in [7, 11) is 0. The normalized spacial score (nSPS) is 22.4. The van der Waals surface area contributed by atoms with Gasteiger partial charge < -0.3 is 15.0 Å². The van der Waals surface area contributed by atoms with Crippen molar-refractivity contribution in [2.75, 3.05) is 29.9 Å². The maximum Gasteiger partial charge on any atom is 0.253 e. The first kappa shape index (κ1) is 15.6. The molecule has 0 aromatic heterocycles. The van der Waals surface area contributed by atoms with Crippen molar-refractivity contribution in [3.8, 4) is 0 Å². The number of carbonyl (C=O) groups excluding carboxylic acids is 1. The molecule has 120 valence electrons. The zero-order chi connectivity index (χ0) is 15.4. The monoisotopic (exact) mass is 322 g/mol. The lowest BCUT2D eigenvalue weighted by Crippen LogP contribution is -2.29. The van der Waals surface area contributed by atoms with Gasteiger partial charge in [0.05, 0.1) is 11.4 Å². The molecule has 0 spiro atoms. The van der Waals surface area contributed by atoms with Gasteiger partial charge in [-0.15, -0.1) is 0 Å². The molecule has 1 amide bonds. The van der Waals surface area contributed by atoms with E-state index in [0.29, 0.717) is 11.6 Å². The van der Waals surface area contributed by atoms with Crippen molar-refractivity contribution in [2.24, 2.45) is 0 Å². The van der Waals surface area contributed by atoms with E-state index in [2.05, 4.69) is 10.2 Å². The Kier molecular flexibility index (Phi) is 5.21. The molecular formula is C17H23ClN2O2. The molecule has 1 aromatic carbocycles. The van der Waals surface area contributed by atoms with Crippen LogP contribution in [0.25, 0.3) is 0 Å². The number of carbonyl (C=O) groups is 1. The Morgan fingerprint density at radius 3 is 2.64 bits per heavy atom. The topological polar surface area (TPSA) is 41.6 Å². The highest BCUT2D eigenvalue weighted by Crippen LogP contribution is 2.31. The molecule has 2 saturated heterocycles. The Morgan fingerprint density at radius 1 is 1.18 bits per heavy atom. The molecule has 0 radical (unpaired) electrons. The molecule has 2 heterocycles. The molecule has 1 unspecified atom stereocenters. The second-order valence-electron chi connectivity index (χ2n) is 6.05. The number of halogens is 1. The van der Waals surface area contributed by atoms with E-state index in [-0.39, 0.29) is 12.0 Å². The highest BCUT2D eigenvalue weighted by molar-refractivity contribution is 6.31. The predicted octanol–water partition coefficient (Wildman–Crippen LogP) is 3.84. The van der Waals surface area contributed by atoms with Crippen molar-refractivity contribution in [2.45, 2.75) is 44.6 Å². The summed E-state index contributed by atoms with van der Waals surface area (Å²) in [5.74, 6) is -0.0594. The second kappa shape index (κ2) is 7.34. The van der Waals surface area contributed by atoms with E-state index in [0.717, 1.165) is 37.3 Å². The lowest BCUT2D eigenvalue weighted by atomic mass is 10.2. The molecular weight excluding hydrogens is 300 g/mol. The molecule has 0 aliphatic carbocycles. The van der Waals surface area contributed by atoms with Crippen molar-refractivity contribution >= 4 is 28.9 Å². The first-order valence-corrected chi connectivity index (χ1v) is 8.59. The Balaban J connectivity index is 1.78. The van der Waals surface area contributed by atoms with Crippen LogP contribution >= 0.6 is 11.6 Å². The number of hydrogen-bond donors (Lipinski definition) is 1. The van der Waals surface area contributed by atoms with Gasteiger partial charge in [0.2, 0.25) is 0 Å². The summed E-state index contributed by atoms with van der Waals surface area (Å²) in [5, 5.41) is 3.66. The fraction of sp³-hybridized carbons (Fsp3) is 0.588. The summed E-state index contributed by atoms with van der Waals surface area (Å²) in [6.45, 7) is 2.74. The molecule has 3 rings (SSSR count). The highest BCUT2D eigenvalue weighted by Gasteiger charge is 2.25. The van der Waals surface area contributed by atoms with E-state index in [1.165, 1.54) is 25.7 Å². The van der Waals surface area contributed by atoms with E-state index in [1.54, 1.807) is 0 Å². The van der Waals surface area contributed by atoms with Crippen molar-refractivity contribution in [3.63, 3.8) is 0 Å². The van der Waals surface area contributed by atoms with Crippen molar-refractivity contribution in [1.29, 1.82) is 0 Å². The number of benzene rings is 1. The number of hydrogen-bond acceptors (Lipinski definition) is 3. The van der Waals surface area contributed by atoms with Crippen LogP contribution in [0.1, 0.15) is 38.5 Å². The van der Waals surface area contributed by atoms with Gasteiger partial charge in [-0.1, -0.05) is 24.4 Å². The standard InChI is InChI=1S/C17H23ClN2O2/c18-13-7-8-15(20-9-3-1-2-4-10-20)14(12-13)19-17(21)16-6-5-11-22-16/h7-8,12,16H,1-6,9-11H2,(H,19,21). The predicted molar refractivity (Wildman–Crippen MR) is 89.7 cm³/mol. The molecule has 5 heteroatoms. The summed E-state index contributed by atoms with van der Waals surface area (Å²) in [6, 6.07) is 5.75. The molecule has 2 fully saturated rings. The van der Waals surface area contributed by atoms with Gasteiger partial charge >= 0.3 is 0 Å². The first-order valence-electron chi connectivity index (χ1n) is 8.21. The molecule has 1 N–H and O–H groups in total. The van der Waals surface area contributed by atoms with Crippen LogP contribution in [0.2, 0.25) is 5.02 Å². The van der Waals surface area contributed by atoms with Gasteiger partial charge in [-0.2, -0.15) is 0 Å². The molecule has 1 aromatic rings. The van der Waals surface area contributed by atoms with Gasteiger partial charge in [-0.05, 0) is 43.9 Å². The third-order valence-corrected chi connectivity index (χ3v) is 4.62. The van der Waals surface area contributed by atoms with E-state index >= 15 is 0 Å². The zero-order valence-electron chi connectivity index (χ0n) is 12.8. The van der Waals surface area contributed by atoms with Gasteiger partial charge in [0.15, 0.2) is 0 Å². The van der Waals surface area contributed by atoms with Gasteiger partial charge in [0.25, 0.3) is 5.91 Å². The van der Waals surface area contributed by atoms with Crippen molar-refractivity contribution < 1.29 is 9.53 Å². The number of anilines is 2. The lowest BCUT2D eigenvalue weighted by molar-refractivity contribution is -0.124. The van der Waals surface area contributed by atoms with Gasteiger partial charge in [0, 0.05) is 24.7 Å². The Bertz CT molecular complexity index is 521. The number of amides is 1. The van der Waals surface area contributed by atoms with Crippen LogP contribution < -0.4 is 10.2 Å². The fourth-order valence-corrected chi connectivity index (χ4v) is 3.37. The molecule has 2 aliphatic heterocycles. The van der Waals surface area contributed by atoms with E-state index in [9.17, 15) is 4.79 Å². The lowest BCUT2D eigenvalue weighted by Gasteiger charge is -2.26. The summed E-state index contributed by atoms with van der Waals surface area (Å²) in [4.78, 5) is 14.7. The third-order valence-electron chi connectivity index (χ3n) is 4.39. The number of ether oxygens (including phenoxy) is 1. The summed E-state index contributed by atoms with van der Waals surface area (Å²) >= 11 is 6.13.